The van der Waals surface area contributed by atoms with E-state index in [1.54, 1.807) is 0 Å². The smallest absolute Gasteiger partial charge is 0.137 e. The van der Waals surface area contributed by atoms with Gasteiger partial charge in [-0.15, -0.1) is 0 Å². The topological polar surface area (TPSA) is 30.1 Å². The second kappa shape index (κ2) is 10.3. The average Bonchev–Trinajstić information content (AvgIpc) is 3.64. The van der Waals surface area contributed by atoms with Crippen molar-refractivity contribution in [1.29, 1.82) is 0 Å². The van der Waals surface area contributed by atoms with E-state index in [1.807, 2.05) is 18.2 Å². The van der Waals surface area contributed by atoms with Crippen molar-refractivity contribution in [3.05, 3.63) is 164 Å². The molecule has 0 aliphatic rings. The molecule has 9 aromatic rings. The van der Waals surface area contributed by atoms with Gasteiger partial charge in [0.2, 0.25) is 0 Å². The Bertz CT molecular complexity index is 2480. The number of fused-ring (bicyclic) bond motifs is 6. The van der Waals surface area contributed by atoms with Gasteiger partial charge in [0.15, 0.2) is 0 Å². The van der Waals surface area contributed by atoms with Gasteiger partial charge in [-0.2, -0.15) is 0 Å². The number of hydrogen-bond acceptors (Lipinski definition) is 2. The van der Waals surface area contributed by atoms with E-state index in [-0.39, 0.29) is 0 Å². The van der Waals surface area contributed by atoms with Crippen LogP contribution in [0.25, 0.3) is 71.7 Å². The van der Waals surface area contributed by atoms with Gasteiger partial charge >= 0.3 is 0 Å². The first kappa shape index (κ1) is 25.4. The fourth-order valence-corrected chi connectivity index (χ4v) is 6.58. The van der Waals surface area contributed by atoms with Crippen molar-refractivity contribution in [3.63, 3.8) is 0 Å². The molecule has 0 aliphatic carbocycles. The third-order valence-electron chi connectivity index (χ3n) is 8.79. The van der Waals surface area contributed by atoms with Crippen LogP contribution in [0.4, 0.5) is 11.4 Å². The van der Waals surface area contributed by atoms with E-state index in [2.05, 4.69) is 155 Å². The molecule has 0 spiro atoms. The number of nitrogens with zero attached hydrogens (tertiary/aromatic N) is 1. The van der Waals surface area contributed by atoms with Crippen LogP contribution in [-0.4, -0.2) is 4.57 Å². The Hall–Kier alpha value is -6.06. The highest BCUT2D eigenvalue weighted by Gasteiger charge is 2.15. The molecule has 9 rings (SSSR count). The molecule has 7 aromatic carbocycles. The largest absolute Gasteiger partial charge is 0.456 e. The molecule has 2 aromatic heterocycles. The maximum Gasteiger partial charge on any atom is 0.137 e. The van der Waals surface area contributed by atoms with Gasteiger partial charge in [0, 0.05) is 44.7 Å². The lowest BCUT2D eigenvalue weighted by Crippen LogP contribution is -1.94. The Morgan fingerprint density at radius 3 is 1.73 bits per heavy atom. The first-order valence-electron chi connectivity index (χ1n) is 15.3. The highest BCUT2D eigenvalue weighted by molar-refractivity contribution is 6.11. The molecule has 212 valence electrons. The quantitative estimate of drug-likeness (QED) is 0.221. The molecule has 3 heteroatoms. The molecule has 3 nitrogen and oxygen atoms in total. The van der Waals surface area contributed by atoms with Crippen LogP contribution in [0.5, 0.6) is 0 Å². The van der Waals surface area contributed by atoms with Crippen LogP contribution in [0.1, 0.15) is 0 Å². The third-order valence-corrected chi connectivity index (χ3v) is 8.79. The van der Waals surface area contributed by atoms with E-state index in [9.17, 15) is 0 Å². The SMILES string of the molecule is c1ccc(-c2ccc(-c3ccc(Nc4ccc5c(c4)c4ccccc4n5-c4ccc5c(c4)oc4ccccc45)cc3)cc2)cc1. The molecule has 45 heavy (non-hydrogen) atoms. The van der Waals surface area contributed by atoms with Crippen molar-refractivity contribution in [2.24, 2.45) is 0 Å². The summed E-state index contributed by atoms with van der Waals surface area (Å²) < 4.78 is 8.57. The zero-order valence-electron chi connectivity index (χ0n) is 24.4. The minimum Gasteiger partial charge on any atom is -0.456 e. The molecule has 0 bridgehead atoms. The van der Waals surface area contributed by atoms with Gasteiger partial charge in [0.05, 0.1) is 11.0 Å². The minimum atomic E-state index is 0.897. The molecule has 0 aliphatic heterocycles. The summed E-state index contributed by atoms with van der Waals surface area (Å²) in [6.07, 6.45) is 0. The minimum absolute atomic E-state index is 0.897. The van der Waals surface area contributed by atoms with Crippen LogP contribution in [0.15, 0.2) is 168 Å². The number of hydrogen-bond donors (Lipinski definition) is 1. The molecule has 0 saturated carbocycles. The van der Waals surface area contributed by atoms with E-state index in [1.165, 1.54) is 38.5 Å². The van der Waals surface area contributed by atoms with Crippen molar-refractivity contribution in [1.82, 2.24) is 4.57 Å². The Labute approximate surface area is 260 Å². The first-order chi connectivity index (χ1) is 22.3. The summed E-state index contributed by atoms with van der Waals surface area (Å²) in [6.45, 7) is 0. The summed E-state index contributed by atoms with van der Waals surface area (Å²) in [7, 11) is 0. The molecule has 0 fully saturated rings. The summed E-state index contributed by atoms with van der Waals surface area (Å²) in [5.74, 6) is 0. The van der Waals surface area contributed by atoms with E-state index in [0.29, 0.717) is 0 Å². The van der Waals surface area contributed by atoms with E-state index in [0.717, 1.165) is 44.5 Å². The van der Waals surface area contributed by atoms with Crippen molar-refractivity contribution in [2.75, 3.05) is 5.32 Å². The van der Waals surface area contributed by atoms with Crippen LogP contribution in [0, 0.1) is 0 Å². The highest BCUT2D eigenvalue weighted by Crippen LogP contribution is 2.37. The molecule has 1 N–H and O–H groups in total. The fourth-order valence-electron chi connectivity index (χ4n) is 6.58. The zero-order chi connectivity index (χ0) is 29.7. The van der Waals surface area contributed by atoms with Crippen molar-refractivity contribution in [2.45, 2.75) is 0 Å². The van der Waals surface area contributed by atoms with Crippen molar-refractivity contribution >= 4 is 55.1 Å². The zero-order valence-corrected chi connectivity index (χ0v) is 24.4. The standard InChI is InChI=1S/C42H28N2O/c1-2-8-28(9-3-1)29-14-16-30(17-15-29)31-18-20-32(21-19-31)43-33-22-25-40-38(26-33)35-10-4-6-12-39(35)44(40)34-23-24-37-36-11-5-7-13-41(36)45-42(37)27-34/h1-27,43H. The highest BCUT2D eigenvalue weighted by atomic mass is 16.3. The lowest BCUT2D eigenvalue weighted by molar-refractivity contribution is 0.668. The molecular weight excluding hydrogens is 548 g/mol. The number of para-hydroxylation sites is 2. The molecular formula is C42H28N2O. The molecule has 0 unspecified atom stereocenters. The van der Waals surface area contributed by atoms with Crippen LogP contribution in [-0.2, 0) is 0 Å². The van der Waals surface area contributed by atoms with Crippen molar-refractivity contribution < 1.29 is 4.42 Å². The molecule has 0 atom stereocenters. The van der Waals surface area contributed by atoms with Crippen LogP contribution >= 0.6 is 0 Å². The van der Waals surface area contributed by atoms with Gasteiger partial charge in [-0.3, -0.25) is 0 Å². The number of nitrogens with one attached hydrogen (secondary N) is 1. The Balaban J connectivity index is 1.04. The van der Waals surface area contributed by atoms with Crippen LogP contribution in [0.2, 0.25) is 0 Å². The fraction of sp³-hybridized carbons (Fsp3) is 0. The summed E-state index contributed by atoms with van der Waals surface area (Å²) in [4.78, 5) is 0. The summed E-state index contributed by atoms with van der Waals surface area (Å²) in [5.41, 5.74) is 12.2. The van der Waals surface area contributed by atoms with Gasteiger partial charge in [0.25, 0.3) is 0 Å². The number of furan rings is 1. The second-order valence-electron chi connectivity index (χ2n) is 11.5. The summed E-state index contributed by atoms with van der Waals surface area (Å²) in [6, 6.07) is 57.9. The maximum absolute atomic E-state index is 6.24. The second-order valence-corrected chi connectivity index (χ2v) is 11.5. The van der Waals surface area contributed by atoms with E-state index >= 15 is 0 Å². The first-order valence-corrected chi connectivity index (χ1v) is 15.3. The number of rotatable bonds is 5. The van der Waals surface area contributed by atoms with E-state index in [4.69, 9.17) is 4.42 Å². The third kappa shape index (κ3) is 4.37. The van der Waals surface area contributed by atoms with Crippen LogP contribution in [0.3, 0.4) is 0 Å². The normalized spacial score (nSPS) is 11.6. The Morgan fingerprint density at radius 2 is 0.956 bits per heavy atom. The predicted octanol–water partition coefficient (Wildman–Crippen LogP) is 11.8. The molecule has 0 saturated heterocycles. The molecule has 0 radical (unpaired) electrons. The Kier molecular flexibility index (Phi) is 5.82. The summed E-state index contributed by atoms with van der Waals surface area (Å²) in [5, 5.41) is 8.34. The van der Waals surface area contributed by atoms with Crippen molar-refractivity contribution in [3.8, 4) is 27.9 Å². The maximum atomic E-state index is 6.24. The van der Waals surface area contributed by atoms with Gasteiger partial charge in [-0.25, -0.2) is 0 Å². The van der Waals surface area contributed by atoms with Gasteiger partial charge in [-0.05, 0) is 76.9 Å². The number of benzene rings is 7. The molecule has 0 amide bonds. The Morgan fingerprint density at radius 1 is 0.378 bits per heavy atom. The van der Waals surface area contributed by atoms with E-state index < -0.39 is 0 Å². The average molecular weight is 577 g/mol. The lowest BCUT2D eigenvalue weighted by atomic mass is 10.0. The summed E-state index contributed by atoms with van der Waals surface area (Å²) >= 11 is 0. The lowest BCUT2D eigenvalue weighted by Gasteiger charge is -2.10. The van der Waals surface area contributed by atoms with Crippen LogP contribution < -0.4 is 5.32 Å². The predicted molar refractivity (Wildman–Crippen MR) is 189 cm³/mol. The van der Waals surface area contributed by atoms with Gasteiger partial charge in [-0.1, -0.05) is 103 Å². The number of aromatic nitrogens is 1. The number of anilines is 2. The molecule has 2 heterocycles. The van der Waals surface area contributed by atoms with Gasteiger partial charge in [0.1, 0.15) is 11.2 Å². The monoisotopic (exact) mass is 576 g/mol. The van der Waals surface area contributed by atoms with Gasteiger partial charge < -0.3 is 14.3 Å².